The van der Waals surface area contributed by atoms with Crippen molar-refractivity contribution in [2.24, 2.45) is 0 Å². The molecule has 0 atom stereocenters. The van der Waals surface area contributed by atoms with Crippen molar-refractivity contribution in [2.75, 3.05) is 0 Å². The van der Waals surface area contributed by atoms with Gasteiger partial charge in [0.05, 0.1) is 0 Å². The first-order chi connectivity index (χ1) is 0. The molecule has 0 aliphatic carbocycles. The zero-order chi connectivity index (χ0) is 0. The van der Waals surface area contributed by atoms with E-state index in [0.29, 0.717) is 0 Å². The highest BCUT2D eigenvalue weighted by atomic mass is 32.1. The molecule has 0 aromatic heterocycles. The van der Waals surface area contributed by atoms with Crippen molar-refractivity contribution >= 4 is 13.5 Å². The lowest BCUT2D eigenvalue weighted by Gasteiger charge is -0.412. The molecule has 0 saturated carbocycles. The first-order valence-corrected chi connectivity index (χ1v) is 0. The fourth-order valence-corrected chi connectivity index (χ4v) is 0. The van der Waals surface area contributed by atoms with E-state index in [9.17, 15) is 0 Å². The van der Waals surface area contributed by atoms with E-state index in [1.54, 1.807) is 0 Å². The summed E-state index contributed by atoms with van der Waals surface area (Å²) in [6.07, 6.45) is 0. The summed E-state index contributed by atoms with van der Waals surface area (Å²) in [5.41, 5.74) is 0. The van der Waals surface area contributed by atoms with E-state index >= 15 is 0 Å². The van der Waals surface area contributed by atoms with Gasteiger partial charge in [-0.15, -0.1) is 0 Å². The Morgan fingerprint density at radius 2 is 0.750 bits per heavy atom. The minimum atomic E-state index is 0. The van der Waals surface area contributed by atoms with E-state index in [1.807, 2.05) is 0 Å². The highest BCUT2D eigenvalue weighted by Crippen LogP contribution is 0.648. The number of rotatable bonds is 0. The van der Waals surface area contributed by atoms with E-state index in [4.69, 9.17) is 0 Å². The van der Waals surface area contributed by atoms with Crippen LogP contribution in [0.2, 0.25) is 0 Å². The van der Waals surface area contributed by atoms with E-state index in [-0.39, 0.29) is 31.3 Å². The van der Waals surface area contributed by atoms with Crippen LogP contribution in [-0.4, -0.2) is 5.48 Å². The molecule has 0 aromatic rings. The number of hydrogen-bond acceptors (Lipinski definition) is 2. The summed E-state index contributed by atoms with van der Waals surface area (Å²) in [7, 11) is 0. The summed E-state index contributed by atoms with van der Waals surface area (Å²) in [5.74, 6) is 0. The normalized spacial score (nSPS) is 0. The number of hydrogen-bond donors (Lipinski definition) is 2. The molecular weight excluding hydrogens is 76.1 g/mol. The van der Waals surface area contributed by atoms with Crippen LogP contribution < -0.4 is 12.3 Å². The smallest absolute Gasteiger partial charge is 0.197 e. The van der Waals surface area contributed by atoms with Crippen LogP contribution in [0.15, 0.2) is 0 Å². The van der Waals surface area contributed by atoms with Crippen molar-refractivity contribution in [3.05, 3.63) is 0 Å². The Kier molecular flexibility index (Phi) is 63300. The van der Waals surface area contributed by atoms with Gasteiger partial charge >= 0.3 is 0 Å². The van der Waals surface area contributed by atoms with Crippen LogP contribution in [0, 0.1) is 0 Å². The minimum Gasteiger partial charge on any atom is -0.412 e. The maximum atomic E-state index is 0. The van der Waals surface area contributed by atoms with Crippen molar-refractivity contribution in [2.45, 2.75) is 0 Å². The van der Waals surface area contributed by atoms with Gasteiger partial charge in [-0.3, -0.25) is 0 Å². The van der Waals surface area contributed by atoms with Gasteiger partial charge in [0.25, 0.3) is 0 Å². The average molecular weight is 86.2 g/mol. The van der Waals surface area contributed by atoms with Gasteiger partial charge in [-0.25, -0.2) is 0 Å². The van der Waals surface area contributed by atoms with Crippen molar-refractivity contribution in [1.29, 1.82) is 0 Å². The van der Waals surface area contributed by atoms with Gasteiger partial charge in [-0.1, -0.05) is 0 Å². The zero-order valence-electron chi connectivity index (χ0n) is 2.41. The fourth-order valence-electron chi connectivity index (χ4n) is 0. The Bertz CT molecular complexity index is 6.00. The third kappa shape index (κ3) is 63.8. The van der Waals surface area contributed by atoms with Crippen LogP contribution in [0.25, 0.3) is 0 Å². The topological polar surface area (TPSA) is 102 Å². The lowest BCUT2D eigenvalue weighted by atomic mass is 14.0. The SMILES string of the molecule is N.N.O.S. The highest BCUT2D eigenvalue weighted by Gasteiger charge is -0.197. The summed E-state index contributed by atoms with van der Waals surface area (Å²) < 4.78 is 0. The molecule has 8 N–H and O–H groups in total. The molecule has 32 valence electrons. The van der Waals surface area contributed by atoms with Gasteiger partial charge in [0.2, 0.25) is 0 Å². The Balaban J connectivity index is 0. The molecule has 0 rings (SSSR count). The van der Waals surface area contributed by atoms with Crippen LogP contribution in [0.4, 0.5) is 0 Å². The van der Waals surface area contributed by atoms with Crippen molar-refractivity contribution in [3.63, 3.8) is 0 Å². The van der Waals surface area contributed by atoms with E-state index < -0.39 is 0 Å². The largest absolute Gasteiger partial charge is 0.412 e. The second kappa shape index (κ2) is 304. The van der Waals surface area contributed by atoms with Crippen LogP contribution in [0.3, 0.4) is 0 Å². The lowest BCUT2D eigenvalue weighted by Crippen LogP contribution is -0.482. The molecule has 0 aliphatic rings. The molecule has 4 heavy (non-hydrogen) atoms. The molecule has 0 aliphatic heterocycles. The Labute approximate surface area is 32.3 Å². The predicted molar refractivity (Wildman–Crippen MR) is 24.0 cm³/mol. The van der Waals surface area contributed by atoms with Crippen LogP contribution in [0.5, 0.6) is 0 Å². The molecule has 0 amide bonds. The predicted octanol–water partition coefficient (Wildman–Crippen LogP) is -0.388. The van der Waals surface area contributed by atoms with Crippen LogP contribution in [-0.2, 0) is 0 Å². The van der Waals surface area contributed by atoms with E-state index in [0.717, 1.165) is 0 Å². The van der Waals surface area contributed by atoms with Crippen molar-refractivity contribution in [1.82, 2.24) is 12.3 Å². The third-order valence-corrected chi connectivity index (χ3v) is 0. The first kappa shape index (κ1) is 834. The maximum Gasteiger partial charge on any atom is -0.197 e. The molecule has 0 aromatic carbocycles. The summed E-state index contributed by atoms with van der Waals surface area (Å²) in [6, 6.07) is 0. The average Bonchev–Trinajstić information content (AvgIpc) is 0. The molecule has 0 spiro atoms. The maximum absolute atomic E-state index is 0. The fraction of sp³-hybridized carbons (Fsp3) is 0. The molecule has 3 nitrogen and oxygen atoms in total. The van der Waals surface area contributed by atoms with Crippen LogP contribution in [0.1, 0.15) is 0 Å². The molecule has 0 radical (unpaired) electrons. The molecule has 0 saturated heterocycles. The van der Waals surface area contributed by atoms with Gasteiger partial charge in [0.15, 0.2) is 0 Å². The molecule has 0 heterocycles. The van der Waals surface area contributed by atoms with Gasteiger partial charge < -0.3 is 17.8 Å². The summed E-state index contributed by atoms with van der Waals surface area (Å²) >= 11 is 0. The standard InChI is InChI=1S/2H3N.H2O.H2S/h2*1H3;2*1H2. The van der Waals surface area contributed by atoms with Gasteiger partial charge in [-0.2, -0.15) is 13.5 Å². The summed E-state index contributed by atoms with van der Waals surface area (Å²) in [4.78, 5) is 0. The van der Waals surface area contributed by atoms with E-state index in [1.165, 1.54) is 0 Å². The van der Waals surface area contributed by atoms with Crippen LogP contribution >= 0.6 is 13.5 Å². The summed E-state index contributed by atoms with van der Waals surface area (Å²) in [6.45, 7) is 0. The van der Waals surface area contributed by atoms with E-state index in [2.05, 4.69) is 0 Å². The monoisotopic (exact) mass is 86.1 g/mol. The molecule has 0 fully saturated rings. The molecule has 0 bridgehead atoms. The third-order valence-electron chi connectivity index (χ3n) is 0. The Hall–Kier alpha value is 0.230. The second-order valence-electron chi connectivity index (χ2n) is 0. The first-order valence-electron chi connectivity index (χ1n) is 0. The van der Waals surface area contributed by atoms with Gasteiger partial charge in [-0.05, 0) is 0 Å². The highest BCUT2D eigenvalue weighted by molar-refractivity contribution is 7.59. The Morgan fingerprint density at radius 3 is 0.750 bits per heavy atom. The van der Waals surface area contributed by atoms with Crippen molar-refractivity contribution in [3.8, 4) is 0 Å². The van der Waals surface area contributed by atoms with Gasteiger partial charge in [0, 0.05) is 0 Å². The van der Waals surface area contributed by atoms with Crippen molar-refractivity contribution < 1.29 is 5.48 Å². The second-order valence-corrected chi connectivity index (χ2v) is 0. The molecule has 4 heteroatoms. The molecule has 0 unspecified atom stereocenters. The minimum absolute atomic E-state index is 0. The summed E-state index contributed by atoms with van der Waals surface area (Å²) in [5, 5.41) is 0. The molecular formula is H10N2OS. The quantitative estimate of drug-likeness (QED) is 0.419. The Morgan fingerprint density at radius 1 is 0.750 bits per heavy atom. The zero-order valence-corrected chi connectivity index (χ0v) is 3.41. The van der Waals surface area contributed by atoms with Gasteiger partial charge in [0.1, 0.15) is 0 Å². The lowest BCUT2D eigenvalue weighted by molar-refractivity contribution is 0.824.